The first-order chi connectivity index (χ1) is 16.7. The average Bonchev–Trinajstić information content (AvgIpc) is 3.25. The minimum atomic E-state index is 0.824. The summed E-state index contributed by atoms with van der Waals surface area (Å²) in [7, 11) is 0. The van der Waals surface area contributed by atoms with Gasteiger partial charge < -0.3 is 4.42 Å². The molecule has 5 aromatic rings. The zero-order valence-electron chi connectivity index (χ0n) is 20.1. The molecule has 0 saturated heterocycles. The van der Waals surface area contributed by atoms with Crippen LogP contribution in [0.25, 0.3) is 44.3 Å². The van der Waals surface area contributed by atoms with Crippen LogP contribution in [0.15, 0.2) is 77.3 Å². The summed E-state index contributed by atoms with van der Waals surface area (Å²) in [5.41, 5.74) is 10.6. The number of fused-ring (bicyclic) bond motifs is 3. The van der Waals surface area contributed by atoms with E-state index in [4.69, 9.17) is 9.40 Å². The van der Waals surface area contributed by atoms with E-state index >= 15 is 0 Å². The molecular formula is C32H31NO. The average molecular weight is 446 g/mol. The number of benzene rings is 3. The maximum atomic E-state index is 6.28. The molecule has 0 spiro atoms. The maximum Gasteiger partial charge on any atom is 0.136 e. The van der Waals surface area contributed by atoms with Gasteiger partial charge in [0.2, 0.25) is 0 Å². The smallest absolute Gasteiger partial charge is 0.136 e. The van der Waals surface area contributed by atoms with Gasteiger partial charge in [-0.15, -0.1) is 0 Å². The molecule has 0 N–H and O–H groups in total. The van der Waals surface area contributed by atoms with Gasteiger partial charge in [-0.1, -0.05) is 62.4 Å². The summed E-state index contributed by atoms with van der Waals surface area (Å²) in [5, 5.41) is 2.34. The third-order valence-electron chi connectivity index (χ3n) is 7.76. The molecule has 0 atom stereocenters. The molecule has 2 aromatic heterocycles. The van der Waals surface area contributed by atoms with Crippen molar-refractivity contribution in [3.63, 3.8) is 0 Å². The normalized spacial score (nSPS) is 14.8. The van der Waals surface area contributed by atoms with Gasteiger partial charge in [-0.2, -0.15) is 0 Å². The topological polar surface area (TPSA) is 26.0 Å². The molecule has 34 heavy (non-hydrogen) atoms. The van der Waals surface area contributed by atoms with Gasteiger partial charge in [0.15, 0.2) is 0 Å². The third kappa shape index (κ3) is 3.81. The number of hydrogen-bond acceptors (Lipinski definition) is 2. The number of aromatic nitrogens is 1. The second kappa shape index (κ2) is 8.76. The molecule has 2 nitrogen and oxygen atoms in total. The molecule has 170 valence electrons. The largest absolute Gasteiger partial charge is 0.456 e. The van der Waals surface area contributed by atoms with Crippen molar-refractivity contribution in [3.05, 3.63) is 89.6 Å². The first-order valence-electron chi connectivity index (χ1n) is 12.6. The van der Waals surface area contributed by atoms with Crippen LogP contribution >= 0.6 is 0 Å². The van der Waals surface area contributed by atoms with Crippen LogP contribution in [0.3, 0.4) is 0 Å². The van der Waals surface area contributed by atoms with Crippen molar-refractivity contribution >= 4 is 21.9 Å². The van der Waals surface area contributed by atoms with E-state index in [1.165, 1.54) is 71.7 Å². The van der Waals surface area contributed by atoms with Crippen LogP contribution in [0, 0.1) is 19.8 Å². The number of pyridine rings is 1. The molecule has 0 bridgehead atoms. The van der Waals surface area contributed by atoms with Gasteiger partial charge in [0.1, 0.15) is 11.2 Å². The molecule has 2 heterocycles. The Hall–Kier alpha value is -3.39. The van der Waals surface area contributed by atoms with Crippen LogP contribution in [0.5, 0.6) is 0 Å². The van der Waals surface area contributed by atoms with Crippen LogP contribution in [0.2, 0.25) is 0 Å². The van der Waals surface area contributed by atoms with E-state index in [0.29, 0.717) is 0 Å². The van der Waals surface area contributed by atoms with E-state index in [9.17, 15) is 0 Å². The second-order valence-electron chi connectivity index (χ2n) is 10.00. The highest BCUT2D eigenvalue weighted by Gasteiger charge is 2.17. The highest BCUT2D eigenvalue weighted by molar-refractivity contribution is 6.13. The molecule has 1 fully saturated rings. The molecule has 1 aliphatic rings. The fraction of sp³-hybridized carbons (Fsp3) is 0.281. The zero-order valence-corrected chi connectivity index (χ0v) is 20.1. The Morgan fingerprint density at radius 2 is 1.65 bits per heavy atom. The molecule has 0 amide bonds. The maximum absolute atomic E-state index is 6.28. The Balaban J connectivity index is 1.45. The number of rotatable bonds is 4. The van der Waals surface area contributed by atoms with Crippen LogP contribution in [-0.2, 0) is 6.42 Å². The second-order valence-corrected chi connectivity index (χ2v) is 10.00. The van der Waals surface area contributed by atoms with Crippen molar-refractivity contribution in [2.45, 2.75) is 52.4 Å². The molecule has 0 radical (unpaired) electrons. The van der Waals surface area contributed by atoms with Gasteiger partial charge >= 0.3 is 0 Å². The Morgan fingerprint density at radius 3 is 2.53 bits per heavy atom. The van der Waals surface area contributed by atoms with Crippen LogP contribution in [0.1, 0.15) is 48.8 Å². The van der Waals surface area contributed by atoms with E-state index in [1.807, 2.05) is 6.20 Å². The van der Waals surface area contributed by atoms with Gasteiger partial charge in [-0.25, -0.2) is 0 Å². The van der Waals surface area contributed by atoms with Gasteiger partial charge in [0.25, 0.3) is 0 Å². The van der Waals surface area contributed by atoms with Crippen molar-refractivity contribution in [2.75, 3.05) is 0 Å². The van der Waals surface area contributed by atoms with Crippen LogP contribution in [-0.4, -0.2) is 4.98 Å². The van der Waals surface area contributed by atoms with Gasteiger partial charge in [0.05, 0.1) is 5.69 Å². The Labute approximate surface area is 201 Å². The highest BCUT2D eigenvalue weighted by atomic mass is 16.3. The summed E-state index contributed by atoms with van der Waals surface area (Å²) in [5.74, 6) is 0.824. The molecule has 1 aliphatic carbocycles. The first-order valence-corrected chi connectivity index (χ1v) is 12.6. The molecule has 3 aromatic carbocycles. The minimum absolute atomic E-state index is 0.824. The summed E-state index contributed by atoms with van der Waals surface area (Å²) in [6, 6.07) is 23.9. The molecular weight excluding hydrogens is 414 g/mol. The van der Waals surface area contributed by atoms with Gasteiger partial charge in [-0.3, -0.25) is 4.98 Å². The molecule has 0 aliphatic heterocycles. The lowest BCUT2D eigenvalue weighted by atomic mass is 9.85. The third-order valence-corrected chi connectivity index (χ3v) is 7.76. The predicted octanol–water partition coefficient (Wildman–Crippen LogP) is 9.05. The number of aryl methyl sites for hydroxylation is 1. The monoisotopic (exact) mass is 445 g/mol. The van der Waals surface area contributed by atoms with Crippen molar-refractivity contribution < 1.29 is 4.42 Å². The lowest BCUT2D eigenvalue weighted by molar-refractivity contribution is 0.356. The summed E-state index contributed by atoms with van der Waals surface area (Å²) in [4.78, 5) is 4.75. The SMILES string of the molecule is Cc1cccc(-c2cccc3oc4ccc(-c5cc(CC6CCCCC6)ccn5)cc4c23)c1C. The van der Waals surface area contributed by atoms with E-state index < -0.39 is 0 Å². The van der Waals surface area contributed by atoms with Crippen LogP contribution in [0.4, 0.5) is 0 Å². The van der Waals surface area contributed by atoms with Crippen molar-refractivity contribution in [3.8, 4) is 22.4 Å². The molecule has 0 unspecified atom stereocenters. The zero-order chi connectivity index (χ0) is 23.1. The van der Waals surface area contributed by atoms with Crippen molar-refractivity contribution in [1.29, 1.82) is 0 Å². The number of hydrogen-bond donors (Lipinski definition) is 0. The van der Waals surface area contributed by atoms with Gasteiger partial charge in [0, 0.05) is 22.5 Å². The standard InChI is InChI=1S/C32H31NO/c1-21-8-6-11-26(22(21)2)27-12-7-13-31-32(27)28-20-25(14-15-30(28)34-31)29-19-24(16-17-33-29)18-23-9-4-3-5-10-23/h6-8,11-17,19-20,23H,3-5,9-10,18H2,1-2H3. The fourth-order valence-electron chi connectivity index (χ4n) is 5.74. The Bertz CT molecular complexity index is 1490. The van der Waals surface area contributed by atoms with Crippen LogP contribution < -0.4 is 0 Å². The van der Waals surface area contributed by atoms with E-state index in [0.717, 1.165) is 33.7 Å². The number of furan rings is 1. The minimum Gasteiger partial charge on any atom is -0.456 e. The Kier molecular flexibility index (Phi) is 5.45. The predicted molar refractivity (Wildman–Crippen MR) is 142 cm³/mol. The summed E-state index contributed by atoms with van der Waals surface area (Å²) >= 11 is 0. The fourth-order valence-corrected chi connectivity index (χ4v) is 5.74. The summed E-state index contributed by atoms with van der Waals surface area (Å²) in [6.07, 6.45) is 10.1. The van der Waals surface area contributed by atoms with E-state index in [2.05, 4.69) is 80.6 Å². The lowest BCUT2D eigenvalue weighted by Crippen LogP contribution is -2.09. The van der Waals surface area contributed by atoms with E-state index in [-0.39, 0.29) is 0 Å². The molecule has 1 saturated carbocycles. The van der Waals surface area contributed by atoms with E-state index in [1.54, 1.807) is 0 Å². The summed E-state index contributed by atoms with van der Waals surface area (Å²) in [6.45, 7) is 4.38. The summed E-state index contributed by atoms with van der Waals surface area (Å²) < 4.78 is 6.28. The Morgan fingerprint density at radius 1 is 0.824 bits per heavy atom. The lowest BCUT2D eigenvalue weighted by Gasteiger charge is -2.21. The molecule has 2 heteroatoms. The highest BCUT2D eigenvalue weighted by Crippen LogP contribution is 2.39. The van der Waals surface area contributed by atoms with Gasteiger partial charge in [-0.05, 0) is 90.4 Å². The van der Waals surface area contributed by atoms with Crippen molar-refractivity contribution in [2.24, 2.45) is 5.92 Å². The molecule has 6 rings (SSSR count). The number of nitrogens with zero attached hydrogens (tertiary/aromatic N) is 1. The van der Waals surface area contributed by atoms with Crippen molar-refractivity contribution in [1.82, 2.24) is 4.98 Å². The first kappa shape index (κ1) is 21.2. The quantitative estimate of drug-likeness (QED) is 0.276.